The first kappa shape index (κ1) is 20.3. The number of hydrogen-bond acceptors (Lipinski definition) is 4. The summed E-state index contributed by atoms with van der Waals surface area (Å²) in [6, 6.07) is 1.92. The lowest BCUT2D eigenvalue weighted by atomic mass is 9.94. The molecule has 1 unspecified atom stereocenters. The Morgan fingerprint density at radius 3 is 2.38 bits per heavy atom. The SMILES string of the molecule is Cc1cc(C(C)C(=O)NC2(CNC(=O)OC(C)(C)C)CCCC2)c(C)o1. The molecular weight excluding hydrogens is 332 g/mol. The highest BCUT2D eigenvalue weighted by molar-refractivity contribution is 5.84. The normalized spacial score (nSPS) is 17.6. The van der Waals surface area contributed by atoms with E-state index < -0.39 is 17.2 Å². The van der Waals surface area contributed by atoms with Gasteiger partial charge in [-0.25, -0.2) is 4.79 Å². The maximum atomic E-state index is 12.8. The maximum Gasteiger partial charge on any atom is 0.407 e. The van der Waals surface area contributed by atoms with Gasteiger partial charge in [-0.1, -0.05) is 12.8 Å². The van der Waals surface area contributed by atoms with Gasteiger partial charge < -0.3 is 19.8 Å². The molecule has 1 heterocycles. The summed E-state index contributed by atoms with van der Waals surface area (Å²) >= 11 is 0. The van der Waals surface area contributed by atoms with Crippen molar-refractivity contribution >= 4 is 12.0 Å². The van der Waals surface area contributed by atoms with E-state index in [2.05, 4.69) is 10.6 Å². The number of carbonyl (C=O) groups excluding carboxylic acids is 2. The first-order chi connectivity index (χ1) is 12.0. The molecule has 6 nitrogen and oxygen atoms in total. The van der Waals surface area contributed by atoms with E-state index in [9.17, 15) is 9.59 Å². The van der Waals surface area contributed by atoms with Gasteiger partial charge in [-0.3, -0.25) is 4.79 Å². The molecule has 1 atom stereocenters. The second-order valence-corrected chi connectivity index (χ2v) is 8.42. The Morgan fingerprint density at radius 2 is 1.88 bits per heavy atom. The monoisotopic (exact) mass is 364 g/mol. The van der Waals surface area contributed by atoms with E-state index in [0.29, 0.717) is 6.54 Å². The summed E-state index contributed by atoms with van der Waals surface area (Å²) < 4.78 is 10.9. The van der Waals surface area contributed by atoms with Crippen LogP contribution in [0.25, 0.3) is 0 Å². The van der Waals surface area contributed by atoms with E-state index in [4.69, 9.17) is 9.15 Å². The minimum Gasteiger partial charge on any atom is -0.466 e. The lowest BCUT2D eigenvalue weighted by Crippen LogP contribution is -2.55. The van der Waals surface area contributed by atoms with Crippen molar-refractivity contribution in [3.8, 4) is 0 Å². The zero-order chi connectivity index (χ0) is 19.5. The number of hydrogen-bond donors (Lipinski definition) is 2. The Bertz CT molecular complexity index is 651. The van der Waals surface area contributed by atoms with Crippen molar-refractivity contribution in [1.82, 2.24) is 10.6 Å². The van der Waals surface area contributed by atoms with Crippen LogP contribution in [0.1, 0.15) is 76.4 Å². The fourth-order valence-electron chi connectivity index (χ4n) is 3.54. The maximum absolute atomic E-state index is 12.8. The number of ether oxygens (including phenoxy) is 1. The van der Waals surface area contributed by atoms with E-state index in [0.717, 1.165) is 42.8 Å². The second kappa shape index (κ2) is 7.72. The van der Waals surface area contributed by atoms with Gasteiger partial charge in [0, 0.05) is 12.1 Å². The van der Waals surface area contributed by atoms with Crippen molar-refractivity contribution in [2.24, 2.45) is 0 Å². The van der Waals surface area contributed by atoms with Crippen molar-refractivity contribution < 1.29 is 18.7 Å². The predicted octanol–water partition coefficient (Wildman–Crippen LogP) is 3.95. The molecule has 0 saturated heterocycles. The van der Waals surface area contributed by atoms with E-state index in [1.807, 2.05) is 47.6 Å². The van der Waals surface area contributed by atoms with Gasteiger partial charge >= 0.3 is 6.09 Å². The molecule has 0 spiro atoms. The minimum atomic E-state index is -0.540. The van der Waals surface area contributed by atoms with Gasteiger partial charge in [0.25, 0.3) is 0 Å². The highest BCUT2D eigenvalue weighted by atomic mass is 16.6. The molecule has 0 bridgehead atoms. The van der Waals surface area contributed by atoms with Crippen LogP contribution in [0.2, 0.25) is 0 Å². The van der Waals surface area contributed by atoms with Crippen LogP contribution in [-0.4, -0.2) is 29.7 Å². The van der Waals surface area contributed by atoms with Crippen LogP contribution in [0.5, 0.6) is 0 Å². The average Bonchev–Trinajstić information content (AvgIpc) is 3.09. The highest BCUT2D eigenvalue weighted by Gasteiger charge is 2.37. The number of carbonyl (C=O) groups is 2. The molecule has 1 fully saturated rings. The molecule has 2 amide bonds. The fourth-order valence-corrected chi connectivity index (χ4v) is 3.54. The number of aryl methyl sites for hydroxylation is 2. The summed E-state index contributed by atoms with van der Waals surface area (Å²) in [4.78, 5) is 24.8. The Hall–Kier alpha value is -1.98. The smallest absolute Gasteiger partial charge is 0.407 e. The zero-order valence-electron chi connectivity index (χ0n) is 16.8. The van der Waals surface area contributed by atoms with Crippen LogP contribution in [0.4, 0.5) is 4.79 Å². The third kappa shape index (κ3) is 5.26. The fraction of sp³-hybridized carbons (Fsp3) is 0.700. The molecule has 1 aromatic rings. The molecule has 0 aliphatic heterocycles. The van der Waals surface area contributed by atoms with Crippen molar-refractivity contribution in [3.05, 3.63) is 23.2 Å². The molecule has 0 aromatic carbocycles. The van der Waals surface area contributed by atoms with Crippen LogP contribution in [0, 0.1) is 13.8 Å². The van der Waals surface area contributed by atoms with Gasteiger partial charge in [-0.2, -0.15) is 0 Å². The molecule has 26 heavy (non-hydrogen) atoms. The Labute approximate surface area is 156 Å². The molecule has 2 N–H and O–H groups in total. The van der Waals surface area contributed by atoms with Crippen LogP contribution >= 0.6 is 0 Å². The van der Waals surface area contributed by atoms with Crippen LogP contribution < -0.4 is 10.6 Å². The van der Waals surface area contributed by atoms with Crippen molar-refractivity contribution in [2.45, 2.75) is 84.3 Å². The standard InChI is InChI=1S/C20H32N2O4/c1-13-11-16(15(3)25-13)14(2)17(23)22-20(9-7-8-10-20)12-21-18(24)26-19(4,5)6/h11,14H,7-10,12H2,1-6H3,(H,21,24)(H,22,23). The molecule has 1 saturated carbocycles. The summed E-state index contributed by atoms with van der Waals surface area (Å²) in [6.45, 7) is 11.5. The molecule has 146 valence electrons. The van der Waals surface area contributed by atoms with Gasteiger partial charge in [-0.15, -0.1) is 0 Å². The molecular formula is C20H32N2O4. The van der Waals surface area contributed by atoms with Crippen LogP contribution in [0.3, 0.4) is 0 Å². The summed E-state index contributed by atoms with van der Waals surface area (Å²) in [5, 5.41) is 6.02. The van der Waals surface area contributed by atoms with E-state index in [1.54, 1.807) is 0 Å². The topological polar surface area (TPSA) is 80.6 Å². The lowest BCUT2D eigenvalue weighted by molar-refractivity contribution is -0.124. The largest absolute Gasteiger partial charge is 0.466 e. The minimum absolute atomic E-state index is 0.0400. The predicted molar refractivity (Wildman–Crippen MR) is 100 cm³/mol. The van der Waals surface area contributed by atoms with E-state index in [-0.39, 0.29) is 11.8 Å². The zero-order valence-corrected chi connectivity index (χ0v) is 16.8. The Balaban J connectivity index is 2.01. The summed E-state index contributed by atoms with van der Waals surface area (Å²) in [5.41, 5.74) is -0.0377. The Kier molecular flexibility index (Phi) is 6.04. The molecule has 1 aliphatic carbocycles. The third-order valence-corrected chi connectivity index (χ3v) is 4.86. The van der Waals surface area contributed by atoms with Gasteiger partial charge in [0.15, 0.2) is 0 Å². The van der Waals surface area contributed by atoms with Crippen LogP contribution in [0.15, 0.2) is 10.5 Å². The lowest BCUT2D eigenvalue weighted by Gasteiger charge is -2.32. The molecule has 6 heteroatoms. The van der Waals surface area contributed by atoms with Gasteiger partial charge in [0.1, 0.15) is 17.1 Å². The van der Waals surface area contributed by atoms with Crippen molar-refractivity contribution in [2.75, 3.05) is 6.54 Å². The highest BCUT2D eigenvalue weighted by Crippen LogP contribution is 2.31. The molecule has 1 aromatic heterocycles. The summed E-state index contributed by atoms with van der Waals surface area (Å²) in [5.74, 6) is 1.24. The molecule has 0 radical (unpaired) electrons. The summed E-state index contributed by atoms with van der Waals surface area (Å²) in [7, 11) is 0. The van der Waals surface area contributed by atoms with Crippen molar-refractivity contribution in [1.29, 1.82) is 0 Å². The van der Waals surface area contributed by atoms with Crippen molar-refractivity contribution in [3.63, 3.8) is 0 Å². The number of nitrogens with one attached hydrogen (secondary N) is 2. The first-order valence-corrected chi connectivity index (χ1v) is 9.37. The number of amides is 2. The van der Waals surface area contributed by atoms with E-state index >= 15 is 0 Å². The quantitative estimate of drug-likeness (QED) is 0.829. The molecule has 2 rings (SSSR count). The van der Waals surface area contributed by atoms with Gasteiger partial charge in [0.2, 0.25) is 5.91 Å². The molecule has 1 aliphatic rings. The van der Waals surface area contributed by atoms with Crippen LogP contribution in [-0.2, 0) is 9.53 Å². The Morgan fingerprint density at radius 1 is 1.27 bits per heavy atom. The number of alkyl carbamates (subject to hydrolysis) is 1. The first-order valence-electron chi connectivity index (χ1n) is 9.37. The van der Waals surface area contributed by atoms with Gasteiger partial charge in [-0.05, 0) is 60.5 Å². The van der Waals surface area contributed by atoms with Gasteiger partial charge in [0.05, 0.1) is 11.5 Å². The average molecular weight is 364 g/mol. The third-order valence-electron chi connectivity index (χ3n) is 4.86. The van der Waals surface area contributed by atoms with E-state index in [1.165, 1.54) is 0 Å². The number of rotatable bonds is 5. The summed E-state index contributed by atoms with van der Waals surface area (Å²) in [6.07, 6.45) is 3.32. The number of furan rings is 1. The second-order valence-electron chi connectivity index (χ2n) is 8.42.